The van der Waals surface area contributed by atoms with Crippen molar-refractivity contribution in [1.29, 1.82) is 0 Å². The van der Waals surface area contributed by atoms with Crippen molar-refractivity contribution in [2.45, 2.75) is 40.2 Å². The molecule has 0 radical (unpaired) electrons. The average Bonchev–Trinajstić information content (AvgIpc) is 2.56. The van der Waals surface area contributed by atoms with Gasteiger partial charge in [-0.15, -0.1) is 0 Å². The number of carbonyl (C=O) groups excluding carboxylic acids is 1. The predicted octanol–water partition coefficient (Wildman–Crippen LogP) is 1.94. The van der Waals surface area contributed by atoms with Crippen LogP contribution in [0, 0.1) is 5.41 Å². The third-order valence-electron chi connectivity index (χ3n) is 4.33. The number of rotatable bonds is 6. The summed E-state index contributed by atoms with van der Waals surface area (Å²) in [6.07, 6.45) is 1.10. The van der Waals surface area contributed by atoms with Crippen LogP contribution in [-0.2, 0) is 27.8 Å². The maximum absolute atomic E-state index is 12.5. The summed E-state index contributed by atoms with van der Waals surface area (Å²) in [5.74, 6) is 0.776. The first-order chi connectivity index (χ1) is 11.6. The Hall–Kier alpha value is -1.60. The van der Waals surface area contributed by atoms with Crippen molar-refractivity contribution in [2.75, 3.05) is 26.0 Å². The zero-order valence-corrected chi connectivity index (χ0v) is 16.3. The Bertz CT molecular complexity index is 723. The summed E-state index contributed by atoms with van der Waals surface area (Å²) in [6, 6.07) is 5.76. The Morgan fingerprint density at radius 2 is 2.00 bits per heavy atom. The molecule has 1 amide bonds. The van der Waals surface area contributed by atoms with E-state index in [2.05, 4.69) is 5.32 Å². The molecule has 140 valence electrons. The summed E-state index contributed by atoms with van der Waals surface area (Å²) in [6.45, 7) is 6.75. The number of sulfonamides is 1. The third kappa shape index (κ3) is 5.19. The predicted molar refractivity (Wildman–Crippen MR) is 98.0 cm³/mol. The molecule has 1 aliphatic heterocycles. The zero-order chi connectivity index (χ0) is 18.7. The van der Waals surface area contributed by atoms with E-state index in [0.29, 0.717) is 32.5 Å². The number of carbonyl (C=O) groups is 1. The van der Waals surface area contributed by atoms with Crippen LogP contribution in [0.2, 0.25) is 0 Å². The maximum Gasteiger partial charge on any atom is 0.225 e. The van der Waals surface area contributed by atoms with Gasteiger partial charge in [-0.1, -0.05) is 26.8 Å². The number of fused-ring (bicyclic) bond motifs is 1. The molecule has 0 saturated heterocycles. The fourth-order valence-electron chi connectivity index (χ4n) is 2.72. The van der Waals surface area contributed by atoms with Gasteiger partial charge in [-0.05, 0) is 36.1 Å². The second-order valence-electron chi connectivity index (χ2n) is 7.39. The number of hydrogen-bond donors (Lipinski definition) is 1. The van der Waals surface area contributed by atoms with Crippen LogP contribution in [0.1, 0.15) is 38.3 Å². The minimum Gasteiger partial charge on any atom is -0.497 e. The van der Waals surface area contributed by atoms with Crippen LogP contribution < -0.4 is 10.1 Å². The standard InChI is InChI=1S/C18H28N2O4S/c1-18(2,3)17(21)19-9-5-11-25(22,23)20-10-8-14-12-16(24-4)7-6-15(14)13-20/h6-7,12H,5,8-11,13H2,1-4H3,(H,19,21). The first-order valence-corrected chi connectivity index (χ1v) is 10.2. The van der Waals surface area contributed by atoms with Crippen molar-refractivity contribution in [2.24, 2.45) is 5.41 Å². The van der Waals surface area contributed by atoms with E-state index < -0.39 is 15.4 Å². The first kappa shape index (κ1) is 19.7. The highest BCUT2D eigenvalue weighted by Gasteiger charge is 2.27. The van der Waals surface area contributed by atoms with Gasteiger partial charge in [0.25, 0.3) is 0 Å². The first-order valence-electron chi connectivity index (χ1n) is 8.55. The molecule has 1 aromatic rings. The number of amides is 1. The van der Waals surface area contributed by atoms with E-state index >= 15 is 0 Å². The second-order valence-corrected chi connectivity index (χ2v) is 9.48. The summed E-state index contributed by atoms with van der Waals surface area (Å²) in [4.78, 5) is 11.8. The van der Waals surface area contributed by atoms with Crippen LogP contribution in [0.4, 0.5) is 0 Å². The largest absolute Gasteiger partial charge is 0.497 e. The lowest BCUT2D eigenvalue weighted by Gasteiger charge is -2.28. The summed E-state index contributed by atoms with van der Waals surface area (Å²) < 4.78 is 31.8. The molecule has 0 atom stereocenters. The summed E-state index contributed by atoms with van der Waals surface area (Å²) in [5.41, 5.74) is 1.70. The molecule has 0 spiro atoms. The molecule has 1 aromatic carbocycles. The Kier molecular flexibility index (Phi) is 6.11. The van der Waals surface area contributed by atoms with Crippen LogP contribution in [0.15, 0.2) is 18.2 Å². The Balaban J connectivity index is 1.89. The van der Waals surface area contributed by atoms with Crippen LogP contribution in [0.5, 0.6) is 5.75 Å². The highest BCUT2D eigenvalue weighted by atomic mass is 32.2. The fraction of sp³-hybridized carbons (Fsp3) is 0.611. The zero-order valence-electron chi connectivity index (χ0n) is 15.5. The van der Waals surface area contributed by atoms with Gasteiger partial charge >= 0.3 is 0 Å². The van der Waals surface area contributed by atoms with Crippen LogP contribution in [-0.4, -0.2) is 44.6 Å². The summed E-state index contributed by atoms with van der Waals surface area (Å²) in [7, 11) is -1.70. The Morgan fingerprint density at radius 1 is 1.28 bits per heavy atom. The molecule has 0 bridgehead atoms. The number of methoxy groups -OCH3 is 1. The van der Waals surface area contributed by atoms with Gasteiger partial charge in [0.1, 0.15) is 5.75 Å². The van der Waals surface area contributed by atoms with Gasteiger partial charge in [0, 0.05) is 25.0 Å². The topological polar surface area (TPSA) is 75.7 Å². The number of nitrogens with one attached hydrogen (secondary N) is 1. The molecule has 1 heterocycles. The minimum atomic E-state index is -3.32. The molecule has 0 fully saturated rings. The number of nitrogens with zero attached hydrogens (tertiary/aromatic N) is 1. The molecule has 2 rings (SSSR count). The maximum atomic E-state index is 12.5. The SMILES string of the molecule is COc1ccc2c(c1)CCN(S(=O)(=O)CCCNC(=O)C(C)(C)C)C2. The van der Waals surface area contributed by atoms with Crippen LogP contribution in [0.3, 0.4) is 0 Å². The van der Waals surface area contributed by atoms with E-state index in [1.54, 1.807) is 7.11 Å². The van der Waals surface area contributed by atoms with Crippen LogP contribution in [0.25, 0.3) is 0 Å². The van der Waals surface area contributed by atoms with Gasteiger partial charge < -0.3 is 10.1 Å². The molecule has 0 aliphatic carbocycles. The molecule has 6 nitrogen and oxygen atoms in total. The molecular formula is C18H28N2O4S. The van der Waals surface area contributed by atoms with E-state index in [-0.39, 0.29) is 11.7 Å². The highest BCUT2D eigenvalue weighted by molar-refractivity contribution is 7.89. The second kappa shape index (κ2) is 7.74. The van der Waals surface area contributed by atoms with Gasteiger partial charge in [0.2, 0.25) is 15.9 Å². The van der Waals surface area contributed by atoms with Gasteiger partial charge in [-0.3, -0.25) is 4.79 Å². The van der Waals surface area contributed by atoms with Crippen molar-refractivity contribution in [1.82, 2.24) is 9.62 Å². The molecule has 25 heavy (non-hydrogen) atoms. The normalized spacial score (nSPS) is 15.5. The van der Waals surface area contributed by atoms with Crippen molar-refractivity contribution >= 4 is 15.9 Å². The Morgan fingerprint density at radius 3 is 2.64 bits per heavy atom. The van der Waals surface area contributed by atoms with Crippen molar-refractivity contribution in [3.8, 4) is 5.75 Å². The van der Waals surface area contributed by atoms with E-state index in [1.807, 2.05) is 39.0 Å². The fourth-order valence-corrected chi connectivity index (χ4v) is 4.19. The number of benzene rings is 1. The third-order valence-corrected chi connectivity index (χ3v) is 6.23. The van der Waals surface area contributed by atoms with Crippen molar-refractivity contribution < 1.29 is 17.9 Å². The van der Waals surface area contributed by atoms with Gasteiger partial charge in [-0.25, -0.2) is 8.42 Å². The molecule has 0 aromatic heterocycles. The molecular weight excluding hydrogens is 340 g/mol. The monoisotopic (exact) mass is 368 g/mol. The lowest BCUT2D eigenvalue weighted by atomic mass is 9.96. The Labute approximate surface area is 150 Å². The van der Waals surface area contributed by atoms with Crippen LogP contribution >= 0.6 is 0 Å². The molecule has 7 heteroatoms. The van der Waals surface area contributed by atoms with Gasteiger partial charge in [0.15, 0.2) is 0 Å². The number of ether oxygens (including phenoxy) is 1. The lowest BCUT2D eigenvalue weighted by molar-refractivity contribution is -0.128. The summed E-state index contributed by atoms with van der Waals surface area (Å²) >= 11 is 0. The van der Waals surface area contributed by atoms with Crippen molar-refractivity contribution in [3.63, 3.8) is 0 Å². The smallest absolute Gasteiger partial charge is 0.225 e. The van der Waals surface area contributed by atoms with E-state index in [4.69, 9.17) is 4.74 Å². The summed E-state index contributed by atoms with van der Waals surface area (Å²) in [5, 5.41) is 2.79. The number of hydrogen-bond acceptors (Lipinski definition) is 4. The molecule has 1 aliphatic rings. The van der Waals surface area contributed by atoms with Crippen molar-refractivity contribution in [3.05, 3.63) is 29.3 Å². The van der Waals surface area contributed by atoms with E-state index in [0.717, 1.165) is 16.9 Å². The highest BCUT2D eigenvalue weighted by Crippen LogP contribution is 2.25. The minimum absolute atomic E-state index is 0.0446. The molecule has 0 saturated carbocycles. The average molecular weight is 368 g/mol. The van der Waals surface area contributed by atoms with E-state index in [9.17, 15) is 13.2 Å². The quantitative estimate of drug-likeness (QED) is 0.779. The van der Waals surface area contributed by atoms with Gasteiger partial charge in [-0.2, -0.15) is 4.31 Å². The molecule has 1 N–H and O–H groups in total. The van der Waals surface area contributed by atoms with Gasteiger partial charge in [0.05, 0.1) is 12.9 Å². The molecule has 0 unspecified atom stereocenters. The lowest BCUT2D eigenvalue weighted by Crippen LogP contribution is -2.39. The van der Waals surface area contributed by atoms with E-state index in [1.165, 1.54) is 4.31 Å².